The molecule has 0 bridgehead atoms. The molecule has 0 amide bonds. The highest BCUT2D eigenvalue weighted by molar-refractivity contribution is 5.89. The molecule has 1 aliphatic rings. The van der Waals surface area contributed by atoms with Gasteiger partial charge in [0.05, 0.1) is 13.0 Å². The van der Waals surface area contributed by atoms with Gasteiger partial charge in [-0.15, -0.1) is 0 Å². The van der Waals surface area contributed by atoms with Gasteiger partial charge in [0.1, 0.15) is 30.5 Å². The van der Waals surface area contributed by atoms with Gasteiger partial charge in [-0.05, 0) is 53.6 Å². The van der Waals surface area contributed by atoms with Crippen LogP contribution in [0.4, 0.5) is 0 Å². The summed E-state index contributed by atoms with van der Waals surface area (Å²) >= 11 is 0. The fraction of sp³-hybridized carbons (Fsp3) is 0.676. The topological polar surface area (TPSA) is 83.5 Å². The Hall–Kier alpha value is -2.03. The summed E-state index contributed by atoms with van der Waals surface area (Å²) in [4.78, 5) is 11.8. The van der Waals surface area contributed by atoms with Gasteiger partial charge in [-0.1, -0.05) is 83.7 Å². The molecule has 0 spiro atoms. The molecule has 0 radical (unpaired) electrons. The molecule has 0 aromatic heterocycles. The number of benzene rings is 2. The second-order valence-corrected chi connectivity index (χ2v) is 11.1. The molecule has 2 aromatic rings. The molecule has 2 aromatic carbocycles. The van der Waals surface area contributed by atoms with Gasteiger partial charge in [0.15, 0.2) is 0 Å². The van der Waals surface area contributed by atoms with Crippen molar-refractivity contribution in [2.75, 3.05) is 33.0 Å². The summed E-state index contributed by atoms with van der Waals surface area (Å²) < 4.78 is 32.7. The van der Waals surface area contributed by atoms with E-state index in [0.29, 0.717) is 33.0 Å². The highest BCUT2D eigenvalue weighted by atomic mass is 16.6. The van der Waals surface area contributed by atoms with Crippen LogP contribution in [0.3, 0.4) is 0 Å². The fourth-order valence-electron chi connectivity index (χ4n) is 5.32. The third kappa shape index (κ3) is 10.0. The first kappa shape index (κ1) is 33.5. The number of unbranched alkanes of at least 4 members (excludes halogenated alkanes) is 4. The Morgan fingerprint density at radius 3 is 2.00 bits per heavy atom. The van der Waals surface area contributed by atoms with Crippen LogP contribution in [0.15, 0.2) is 36.4 Å². The lowest BCUT2D eigenvalue weighted by atomic mass is 9.88. The highest BCUT2D eigenvalue weighted by Crippen LogP contribution is 2.39. The van der Waals surface area contributed by atoms with Crippen LogP contribution in [0, 0.1) is 0 Å². The number of carboxylic acid groups (broad SMARTS) is 1. The van der Waals surface area contributed by atoms with Crippen LogP contribution >= 0.6 is 0 Å². The van der Waals surface area contributed by atoms with Gasteiger partial charge in [-0.2, -0.15) is 0 Å². The molecule has 230 valence electrons. The van der Waals surface area contributed by atoms with Crippen molar-refractivity contribution >= 4 is 16.7 Å². The van der Waals surface area contributed by atoms with Crippen molar-refractivity contribution < 1.29 is 33.6 Å². The van der Waals surface area contributed by atoms with Gasteiger partial charge in [0.25, 0.3) is 0 Å². The fourth-order valence-corrected chi connectivity index (χ4v) is 5.32. The third-order valence-corrected chi connectivity index (χ3v) is 7.62. The molecule has 0 aliphatic carbocycles. The van der Waals surface area contributed by atoms with E-state index in [1.807, 2.05) is 30.3 Å². The van der Waals surface area contributed by atoms with Crippen molar-refractivity contribution in [2.45, 2.75) is 116 Å². The minimum absolute atomic E-state index is 0.0643. The van der Waals surface area contributed by atoms with Crippen LogP contribution in [0.2, 0.25) is 0 Å². The number of hydrogen-bond acceptors (Lipinski definition) is 6. The average Bonchev–Trinajstić information content (AvgIpc) is 2.96. The maximum absolute atomic E-state index is 11.8. The molecule has 7 heteroatoms. The van der Waals surface area contributed by atoms with Crippen LogP contribution < -0.4 is 0 Å². The minimum Gasteiger partial charge on any atom is -0.481 e. The zero-order chi connectivity index (χ0) is 29.5. The van der Waals surface area contributed by atoms with Crippen LogP contribution in [-0.2, 0) is 34.9 Å². The molecule has 1 aliphatic heterocycles. The summed E-state index contributed by atoms with van der Waals surface area (Å²) in [5.74, 6) is -0.861. The predicted octanol–water partition coefficient (Wildman–Crippen LogP) is 7.28. The Bertz CT molecular complexity index is 1030. The van der Waals surface area contributed by atoms with Crippen LogP contribution in [0.25, 0.3) is 10.8 Å². The monoisotopic (exact) mass is 572 g/mol. The van der Waals surface area contributed by atoms with E-state index in [1.165, 1.54) is 0 Å². The van der Waals surface area contributed by atoms with Crippen molar-refractivity contribution in [1.29, 1.82) is 0 Å². The Kier molecular flexibility index (Phi) is 15.1. The smallest absolute Gasteiger partial charge is 0.307 e. The largest absolute Gasteiger partial charge is 0.481 e. The molecule has 1 heterocycles. The first-order chi connectivity index (χ1) is 20.0. The lowest BCUT2D eigenvalue weighted by Gasteiger charge is -2.46. The minimum atomic E-state index is -0.861. The zero-order valence-electron chi connectivity index (χ0n) is 25.6. The second-order valence-electron chi connectivity index (χ2n) is 11.1. The SMILES string of the molecule is CCCCOC[C@H]1OC(c2cc(CC(=O)O)c3ccccc3c2)[C@H](OCCCC)[C@@H](OCCCC)[C@@H]1OCCCC. The summed E-state index contributed by atoms with van der Waals surface area (Å²) in [6.07, 6.45) is 6.01. The molecule has 1 fully saturated rings. The van der Waals surface area contributed by atoms with E-state index in [0.717, 1.165) is 73.3 Å². The molecule has 41 heavy (non-hydrogen) atoms. The first-order valence-corrected chi connectivity index (χ1v) is 15.8. The van der Waals surface area contributed by atoms with Crippen molar-refractivity contribution in [2.24, 2.45) is 0 Å². The molecule has 1 saturated heterocycles. The predicted molar refractivity (Wildman–Crippen MR) is 163 cm³/mol. The average molecular weight is 573 g/mol. The molecular weight excluding hydrogens is 520 g/mol. The molecule has 1 unspecified atom stereocenters. The lowest BCUT2D eigenvalue weighted by molar-refractivity contribution is -0.268. The number of rotatable bonds is 20. The number of fused-ring (bicyclic) bond motifs is 1. The maximum atomic E-state index is 11.8. The van der Waals surface area contributed by atoms with Crippen LogP contribution in [0.5, 0.6) is 0 Å². The lowest BCUT2D eigenvalue weighted by Crippen LogP contribution is -2.58. The summed E-state index contributed by atoms with van der Waals surface area (Å²) in [5.41, 5.74) is 1.66. The quantitative estimate of drug-likeness (QED) is 0.167. The zero-order valence-corrected chi connectivity index (χ0v) is 25.6. The summed E-state index contributed by atoms with van der Waals surface area (Å²) in [5, 5.41) is 11.6. The summed E-state index contributed by atoms with van der Waals surface area (Å²) in [7, 11) is 0. The Labute approximate surface area is 246 Å². The van der Waals surface area contributed by atoms with E-state index in [2.05, 4.69) is 33.8 Å². The molecular formula is C34H52O7. The van der Waals surface area contributed by atoms with E-state index in [9.17, 15) is 9.90 Å². The van der Waals surface area contributed by atoms with Crippen molar-refractivity contribution in [3.8, 4) is 0 Å². The van der Waals surface area contributed by atoms with Gasteiger partial charge in [0.2, 0.25) is 0 Å². The van der Waals surface area contributed by atoms with Crippen LogP contribution in [0.1, 0.15) is 96.3 Å². The van der Waals surface area contributed by atoms with Crippen molar-refractivity contribution in [3.05, 3.63) is 47.5 Å². The van der Waals surface area contributed by atoms with E-state index in [-0.39, 0.29) is 24.7 Å². The Morgan fingerprint density at radius 2 is 1.37 bits per heavy atom. The van der Waals surface area contributed by atoms with E-state index in [1.54, 1.807) is 0 Å². The van der Waals surface area contributed by atoms with E-state index in [4.69, 9.17) is 23.7 Å². The van der Waals surface area contributed by atoms with Gasteiger partial charge in [-0.25, -0.2) is 0 Å². The number of carboxylic acids is 1. The summed E-state index contributed by atoms with van der Waals surface area (Å²) in [6.45, 7) is 11.5. The normalized spacial score (nSPS) is 22.8. The Balaban J connectivity index is 2.06. The van der Waals surface area contributed by atoms with E-state index >= 15 is 0 Å². The molecule has 5 atom stereocenters. The standard InChI is InChI=1S/C34H52O7/c1-5-9-17-37-24-29-32(38-18-10-6-2)34(40-20-12-8-4)33(39-19-11-7-3)31(41-29)27-21-25-15-13-14-16-28(25)26(22-27)23-30(35)36/h13-16,21-22,29,31-34H,5-12,17-20,23-24H2,1-4H3,(H,35,36)/t29-,31?,32-,33+,34+/m1/s1. The van der Waals surface area contributed by atoms with E-state index < -0.39 is 18.2 Å². The number of hydrogen-bond donors (Lipinski definition) is 1. The van der Waals surface area contributed by atoms with Gasteiger partial charge >= 0.3 is 5.97 Å². The first-order valence-electron chi connectivity index (χ1n) is 15.8. The Morgan fingerprint density at radius 1 is 0.780 bits per heavy atom. The van der Waals surface area contributed by atoms with Gasteiger partial charge < -0.3 is 28.8 Å². The number of aliphatic carboxylic acids is 1. The molecule has 1 N–H and O–H groups in total. The second kappa shape index (κ2) is 18.5. The number of carbonyl (C=O) groups is 1. The van der Waals surface area contributed by atoms with Crippen molar-refractivity contribution in [1.82, 2.24) is 0 Å². The number of ether oxygens (including phenoxy) is 5. The van der Waals surface area contributed by atoms with Gasteiger partial charge in [0, 0.05) is 26.4 Å². The molecule has 3 rings (SSSR count). The molecule has 0 saturated carbocycles. The maximum Gasteiger partial charge on any atom is 0.307 e. The van der Waals surface area contributed by atoms with Gasteiger partial charge in [-0.3, -0.25) is 4.79 Å². The van der Waals surface area contributed by atoms with Crippen molar-refractivity contribution in [3.63, 3.8) is 0 Å². The van der Waals surface area contributed by atoms with Crippen LogP contribution in [-0.4, -0.2) is 68.5 Å². The highest BCUT2D eigenvalue weighted by Gasteiger charge is 2.48. The summed E-state index contributed by atoms with van der Waals surface area (Å²) in [6, 6.07) is 12.0. The molecule has 7 nitrogen and oxygen atoms in total. The third-order valence-electron chi connectivity index (χ3n) is 7.62.